The third-order valence-corrected chi connectivity index (χ3v) is 7.36. The summed E-state index contributed by atoms with van der Waals surface area (Å²) in [6, 6.07) is 5.76. The molecule has 3 atom stereocenters. The lowest BCUT2D eigenvalue weighted by atomic mass is 9.56. The number of hydrogen-bond donors (Lipinski definition) is 2. The Morgan fingerprint density at radius 2 is 2.13 bits per heavy atom. The van der Waals surface area contributed by atoms with Gasteiger partial charge in [-0.15, -0.1) is 0 Å². The van der Waals surface area contributed by atoms with E-state index in [-0.39, 0.29) is 18.4 Å². The summed E-state index contributed by atoms with van der Waals surface area (Å²) in [7, 11) is 1.62. The second-order valence-electron chi connectivity index (χ2n) is 9.16. The number of rotatable bonds is 9. The smallest absolute Gasteiger partial charge is 0.227 e. The molecule has 2 aliphatic rings. The first kappa shape index (κ1) is 22.8. The number of aliphatic hydroxyl groups is 1. The second-order valence-corrected chi connectivity index (χ2v) is 9.16. The van der Waals surface area contributed by atoms with Crippen LogP contribution in [0.4, 0.5) is 0 Å². The zero-order valence-corrected chi connectivity index (χ0v) is 18.7. The maximum atomic E-state index is 12.7. The van der Waals surface area contributed by atoms with Gasteiger partial charge < -0.3 is 9.84 Å². The number of carbonyl (C=O) groups excluding carboxylic acids is 2. The van der Waals surface area contributed by atoms with Gasteiger partial charge in [0.15, 0.2) is 0 Å². The molecule has 6 nitrogen and oxygen atoms in total. The Bertz CT molecular complexity index is 778. The average Bonchev–Trinajstić information content (AvgIpc) is 3.53. The summed E-state index contributed by atoms with van der Waals surface area (Å²) < 4.78 is 5.49. The first-order valence-electron chi connectivity index (χ1n) is 11.2. The number of imide groups is 1. The van der Waals surface area contributed by atoms with Crippen molar-refractivity contribution in [2.75, 3.05) is 20.2 Å². The lowest BCUT2D eigenvalue weighted by molar-refractivity contribution is -0.152. The van der Waals surface area contributed by atoms with E-state index in [1.54, 1.807) is 7.11 Å². The molecule has 6 heteroatoms. The minimum atomic E-state index is -1.10. The van der Waals surface area contributed by atoms with Crippen molar-refractivity contribution in [2.24, 2.45) is 5.92 Å². The predicted octanol–water partition coefficient (Wildman–Crippen LogP) is 2.94. The Morgan fingerprint density at radius 1 is 1.40 bits per heavy atom. The number of hydrogen-bond acceptors (Lipinski definition) is 5. The molecule has 1 aliphatic carbocycles. The van der Waals surface area contributed by atoms with Crippen LogP contribution in [0.15, 0.2) is 18.2 Å². The van der Waals surface area contributed by atoms with Gasteiger partial charge in [-0.2, -0.15) is 0 Å². The summed E-state index contributed by atoms with van der Waals surface area (Å²) in [4.78, 5) is 26.1. The summed E-state index contributed by atoms with van der Waals surface area (Å²) >= 11 is 0. The van der Waals surface area contributed by atoms with Gasteiger partial charge in [0, 0.05) is 24.4 Å². The lowest BCUT2D eigenvalue weighted by Gasteiger charge is -2.58. The van der Waals surface area contributed by atoms with Crippen molar-refractivity contribution >= 4 is 12.3 Å². The molecule has 2 amide bonds. The fourth-order valence-electron chi connectivity index (χ4n) is 5.50. The van der Waals surface area contributed by atoms with Crippen LogP contribution in [0.1, 0.15) is 63.5 Å². The number of carbonyl (C=O) groups is 2. The van der Waals surface area contributed by atoms with E-state index in [0.29, 0.717) is 25.0 Å². The highest BCUT2D eigenvalue weighted by Gasteiger charge is 2.59. The Balaban J connectivity index is 2.13. The number of likely N-dealkylation sites (tertiary alicyclic amines) is 1. The summed E-state index contributed by atoms with van der Waals surface area (Å²) in [6.45, 7) is 8.00. The molecular formula is C24H36N2O4. The third kappa shape index (κ3) is 4.12. The first-order valence-corrected chi connectivity index (χ1v) is 11.2. The minimum Gasteiger partial charge on any atom is -0.497 e. The Kier molecular flexibility index (Phi) is 6.88. The molecule has 2 fully saturated rings. The number of amides is 2. The van der Waals surface area contributed by atoms with Crippen LogP contribution in [-0.2, 0) is 15.0 Å². The van der Waals surface area contributed by atoms with E-state index in [1.165, 1.54) is 12.8 Å². The lowest BCUT2D eigenvalue weighted by Crippen LogP contribution is -2.68. The number of nitrogens with one attached hydrogen (secondary N) is 1. The molecule has 3 rings (SSSR count). The number of methoxy groups -OCH3 is 1. The zero-order chi connectivity index (χ0) is 21.9. The number of piperidine rings is 1. The number of nitrogens with zero attached hydrogens (tertiary/aromatic N) is 1. The van der Waals surface area contributed by atoms with Crippen LogP contribution >= 0.6 is 0 Å². The molecule has 30 heavy (non-hydrogen) atoms. The molecule has 1 saturated heterocycles. The van der Waals surface area contributed by atoms with Crippen molar-refractivity contribution in [1.82, 2.24) is 10.2 Å². The third-order valence-electron chi connectivity index (χ3n) is 7.36. The maximum absolute atomic E-state index is 12.7. The van der Waals surface area contributed by atoms with Gasteiger partial charge in [-0.3, -0.25) is 19.8 Å². The molecule has 0 spiro atoms. The minimum absolute atomic E-state index is 0.0673. The van der Waals surface area contributed by atoms with Crippen LogP contribution < -0.4 is 10.1 Å². The van der Waals surface area contributed by atoms with Crippen molar-refractivity contribution in [3.8, 4) is 5.75 Å². The van der Waals surface area contributed by atoms with Gasteiger partial charge >= 0.3 is 0 Å². The van der Waals surface area contributed by atoms with Gasteiger partial charge in [0.2, 0.25) is 12.3 Å². The molecule has 3 unspecified atom stereocenters. The summed E-state index contributed by atoms with van der Waals surface area (Å²) in [5.41, 5.74) is 0.0595. The molecule has 1 aromatic carbocycles. The fraction of sp³-hybridized carbons (Fsp3) is 0.667. The summed E-state index contributed by atoms with van der Waals surface area (Å²) in [5.74, 6) is 1.07. The molecule has 1 aliphatic heterocycles. The monoisotopic (exact) mass is 416 g/mol. The topological polar surface area (TPSA) is 78.9 Å². The summed E-state index contributed by atoms with van der Waals surface area (Å²) in [5, 5.41) is 14.7. The average molecular weight is 417 g/mol. The van der Waals surface area contributed by atoms with Crippen LogP contribution in [0.2, 0.25) is 0 Å². The fourth-order valence-corrected chi connectivity index (χ4v) is 5.50. The van der Waals surface area contributed by atoms with Crippen LogP contribution in [0.25, 0.3) is 0 Å². The molecule has 0 bridgehead atoms. The Labute approximate surface area is 180 Å². The van der Waals surface area contributed by atoms with Crippen molar-refractivity contribution in [1.29, 1.82) is 0 Å². The van der Waals surface area contributed by atoms with Gasteiger partial charge in [0.05, 0.1) is 12.7 Å². The molecule has 2 N–H and O–H groups in total. The molecule has 1 saturated carbocycles. The van der Waals surface area contributed by atoms with E-state index < -0.39 is 11.0 Å². The van der Waals surface area contributed by atoms with Gasteiger partial charge in [-0.1, -0.05) is 19.4 Å². The van der Waals surface area contributed by atoms with E-state index in [2.05, 4.69) is 24.1 Å². The van der Waals surface area contributed by atoms with Crippen molar-refractivity contribution in [3.63, 3.8) is 0 Å². The Morgan fingerprint density at radius 3 is 2.73 bits per heavy atom. The van der Waals surface area contributed by atoms with Crippen LogP contribution in [0.3, 0.4) is 0 Å². The largest absolute Gasteiger partial charge is 0.497 e. The molecule has 1 heterocycles. The van der Waals surface area contributed by atoms with E-state index in [0.717, 1.165) is 36.6 Å². The summed E-state index contributed by atoms with van der Waals surface area (Å²) in [6.07, 6.45) is 5.06. The van der Waals surface area contributed by atoms with Gasteiger partial charge in [-0.25, -0.2) is 0 Å². The highest BCUT2D eigenvalue weighted by molar-refractivity contribution is 5.87. The molecule has 0 aromatic heterocycles. The van der Waals surface area contributed by atoms with Crippen molar-refractivity contribution in [2.45, 2.75) is 76.4 Å². The first-order chi connectivity index (χ1) is 14.3. The molecular weight excluding hydrogens is 380 g/mol. The van der Waals surface area contributed by atoms with Crippen molar-refractivity contribution < 1.29 is 19.4 Å². The molecule has 0 radical (unpaired) electrons. The standard InChI is InChI=1S/C24H36N2O4/c1-5-10-24(29)18(3)26(15-19-7-8-19)12-11-23(24,14-22(28)25-16-27)21-13-20(30-4)9-6-17(21)2/h6,9,13,16,18-19,29H,5,7-8,10-12,14-15H2,1-4H3,(H,25,27,28). The van der Waals surface area contributed by atoms with Crippen molar-refractivity contribution in [3.05, 3.63) is 29.3 Å². The quantitative estimate of drug-likeness (QED) is 0.605. The predicted molar refractivity (Wildman–Crippen MR) is 116 cm³/mol. The van der Waals surface area contributed by atoms with Gasteiger partial charge in [0.1, 0.15) is 5.75 Å². The van der Waals surface area contributed by atoms with E-state index in [1.807, 2.05) is 25.1 Å². The SMILES string of the molecule is CCCC1(O)C(C)N(CC2CC2)CCC1(CC(=O)NC=O)c1cc(OC)ccc1C. The number of ether oxygens (including phenoxy) is 1. The Hall–Kier alpha value is -1.92. The number of benzene rings is 1. The number of aryl methyl sites for hydroxylation is 1. The second kappa shape index (κ2) is 9.06. The van der Waals surface area contributed by atoms with E-state index >= 15 is 0 Å². The van der Waals surface area contributed by atoms with Gasteiger partial charge in [-0.05, 0) is 75.3 Å². The molecule has 166 valence electrons. The normalized spacial score (nSPS) is 29.4. The zero-order valence-electron chi connectivity index (χ0n) is 18.7. The highest BCUT2D eigenvalue weighted by atomic mass is 16.5. The highest BCUT2D eigenvalue weighted by Crippen LogP contribution is 2.52. The van der Waals surface area contributed by atoms with E-state index in [9.17, 15) is 14.7 Å². The van der Waals surface area contributed by atoms with Crippen LogP contribution in [0, 0.1) is 12.8 Å². The van der Waals surface area contributed by atoms with Crippen LogP contribution in [0.5, 0.6) is 5.75 Å². The van der Waals surface area contributed by atoms with E-state index in [4.69, 9.17) is 4.74 Å². The van der Waals surface area contributed by atoms with Gasteiger partial charge in [0.25, 0.3) is 0 Å². The molecule has 1 aromatic rings. The maximum Gasteiger partial charge on any atom is 0.227 e. The van der Waals surface area contributed by atoms with Crippen LogP contribution in [-0.4, -0.2) is 54.2 Å².